The van der Waals surface area contributed by atoms with Crippen LogP contribution in [0.4, 0.5) is 0 Å². The molecule has 0 spiro atoms. The Labute approximate surface area is 182 Å². The SMILES string of the molecule is CC(C(=O)CC(=O)[O-])C(=O)C(C)(C)C.CC(C(=O)CC(=O)[O-])C(=O)C(C)(C)C.[Al+2]. The van der Waals surface area contributed by atoms with Crippen LogP contribution in [0.1, 0.15) is 68.2 Å². The normalized spacial score (nSPS) is 13.0. The van der Waals surface area contributed by atoms with E-state index in [0.29, 0.717) is 0 Å². The maximum atomic E-state index is 11.6. The molecule has 8 nitrogen and oxygen atoms in total. The maximum Gasteiger partial charge on any atom is 2.00 e. The first-order chi connectivity index (χ1) is 12.3. The maximum absolute atomic E-state index is 11.6. The zero-order valence-corrected chi connectivity index (χ0v) is 19.6. The van der Waals surface area contributed by atoms with Crippen LogP contribution in [0.2, 0.25) is 0 Å². The largest absolute Gasteiger partial charge is 2.00 e. The van der Waals surface area contributed by atoms with E-state index in [1.807, 2.05) is 0 Å². The zero-order valence-electron chi connectivity index (χ0n) is 18.4. The van der Waals surface area contributed by atoms with E-state index < -0.39 is 59.0 Å². The molecule has 161 valence electrons. The zero-order chi connectivity index (χ0) is 23.0. The molecule has 9 heteroatoms. The van der Waals surface area contributed by atoms with Crippen molar-refractivity contribution in [2.24, 2.45) is 22.7 Å². The van der Waals surface area contributed by atoms with Gasteiger partial charge in [-0.15, -0.1) is 0 Å². The summed E-state index contributed by atoms with van der Waals surface area (Å²) in [5.74, 6) is -6.30. The van der Waals surface area contributed by atoms with Crippen molar-refractivity contribution in [1.29, 1.82) is 0 Å². The smallest absolute Gasteiger partial charge is 0.550 e. The molecule has 0 rings (SSSR count). The van der Waals surface area contributed by atoms with Gasteiger partial charge in [0.15, 0.2) is 0 Å². The van der Waals surface area contributed by atoms with Crippen LogP contribution < -0.4 is 10.2 Å². The fourth-order valence-electron chi connectivity index (χ4n) is 2.18. The van der Waals surface area contributed by atoms with Gasteiger partial charge in [-0.1, -0.05) is 41.5 Å². The van der Waals surface area contributed by atoms with Crippen molar-refractivity contribution in [1.82, 2.24) is 0 Å². The van der Waals surface area contributed by atoms with Crippen molar-refractivity contribution < 1.29 is 39.0 Å². The number of hydrogen-bond acceptors (Lipinski definition) is 8. The van der Waals surface area contributed by atoms with Crippen LogP contribution in [0, 0.1) is 22.7 Å². The second-order valence-electron chi connectivity index (χ2n) is 8.70. The van der Waals surface area contributed by atoms with Crippen LogP contribution in [-0.2, 0) is 28.8 Å². The number of carboxylic acid groups (broad SMARTS) is 2. The third-order valence-corrected chi connectivity index (χ3v) is 3.87. The van der Waals surface area contributed by atoms with Gasteiger partial charge in [0.2, 0.25) is 0 Å². The standard InChI is InChI=1S/2C10H16O4.Al/c2*1-6(7(11)5-8(12)13)9(14)10(2,3)4;/h2*6H,5H2,1-4H3,(H,12,13);/q;;+2/p-2. The van der Waals surface area contributed by atoms with Crippen LogP contribution in [-0.4, -0.2) is 52.4 Å². The van der Waals surface area contributed by atoms with Gasteiger partial charge in [-0.3, -0.25) is 19.2 Å². The predicted molar refractivity (Wildman–Crippen MR) is 102 cm³/mol. The van der Waals surface area contributed by atoms with Crippen molar-refractivity contribution in [2.75, 3.05) is 0 Å². The molecule has 0 bridgehead atoms. The molecule has 0 aliphatic heterocycles. The van der Waals surface area contributed by atoms with E-state index >= 15 is 0 Å². The average molecular weight is 425 g/mol. The molecule has 0 aromatic carbocycles. The first-order valence-corrected chi connectivity index (χ1v) is 8.86. The fraction of sp³-hybridized carbons (Fsp3) is 0.700. The molecule has 0 amide bonds. The molecule has 0 aliphatic rings. The second kappa shape index (κ2) is 12.7. The summed E-state index contributed by atoms with van der Waals surface area (Å²) in [4.78, 5) is 65.8. The quantitative estimate of drug-likeness (QED) is 0.374. The summed E-state index contributed by atoms with van der Waals surface area (Å²) in [6.45, 7) is 13.0. The van der Waals surface area contributed by atoms with E-state index in [1.165, 1.54) is 13.8 Å². The number of carbonyl (C=O) groups is 6. The Kier molecular flexibility index (Phi) is 13.9. The minimum atomic E-state index is -1.44. The van der Waals surface area contributed by atoms with Crippen LogP contribution in [0.5, 0.6) is 0 Å². The van der Waals surface area contributed by atoms with E-state index in [1.54, 1.807) is 41.5 Å². The van der Waals surface area contributed by atoms with Crippen molar-refractivity contribution in [3.8, 4) is 0 Å². The number of carboxylic acids is 2. The van der Waals surface area contributed by atoms with Crippen molar-refractivity contribution in [2.45, 2.75) is 68.2 Å². The molecule has 0 N–H and O–H groups in total. The van der Waals surface area contributed by atoms with Gasteiger partial charge in [0.25, 0.3) is 0 Å². The molecule has 0 fully saturated rings. The van der Waals surface area contributed by atoms with Gasteiger partial charge < -0.3 is 19.8 Å². The summed E-state index contributed by atoms with van der Waals surface area (Å²) in [6.07, 6.45) is -1.38. The Morgan fingerprint density at radius 3 is 0.966 bits per heavy atom. The molecule has 0 saturated carbocycles. The minimum Gasteiger partial charge on any atom is -0.550 e. The second-order valence-corrected chi connectivity index (χ2v) is 8.70. The van der Waals surface area contributed by atoms with Gasteiger partial charge in [0.05, 0.1) is 11.8 Å². The molecule has 0 aromatic heterocycles. The minimum absolute atomic E-state index is 0. The molecule has 0 saturated heterocycles. The number of rotatable bonds is 8. The van der Waals surface area contributed by atoms with E-state index in [9.17, 15) is 39.0 Å². The Hall–Kier alpha value is -1.85. The molecule has 0 heterocycles. The average Bonchev–Trinajstić information content (AvgIpc) is 2.49. The summed E-state index contributed by atoms with van der Waals surface area (Å²) >= 11 is 0. The number of Topliss-reactive ketones (excluding diaryl/α,β-unsaturated/α-hetero) is 4. The third kappa shape index (κ3) is 13.1. The fourth-order valence-corrected chi connectivity index (χ4v) is 2.18. The van der Waals surface area contributed by atoms with Gasteiger partial charge in [-0.25, -0.2) is 0 Å². The predicted octanol–water partition coefficient (Wildman–Crippen LogP) is -0.487. The van der Waals surface area contributed by atoms with E-state index in [0.717, 1.165) is 0 Å². The first kappa shape index (κ1) is 31.8. The summed E-state index contributed by atoms with van der Waals surface area (Å²) in [5, 5.41) is 20.3. The summed E-state index contributed by atoms with van der Waals surface area (Å²) in [7, 11) is 0. The van der Waals surface area contributed by atoms with Crippen LogP contribution >= 0.6 is 0 Å². The molecule has 0 aromatic rings. The number of carbonyl (C=O) groups excluding carboxylic acids is 6. The van der Waals surface area contributed by atoms with Gasteiger partial charge in [-0.05, 0) is 13.8 Å². The topological polar surface area (TPSA) is 149 Å². The molecular weight excluding hydrogens is 395 g/mol. The molecular formula is C20H30AlO8. The number of hydrogen-bond donors (Lipinski definition) is 0. The Morgan fingerprint density at radius 2 is 0.828 bits per heavy atom. The molecule has 2 unspecified atom stereocenters. The van der Waals surface area contributed by atoms with Crippen LogP contribution in [0.15, 0.2) is 0 Å². The third-order valence-electron chi connectivity index (χ3n) is 3.87. The van der Waals surface area contributed by atoms with Gasteiger partial charge in [0, 0.05) is 35.6 Å². The summed E-state index contributed by atoms with van der Waals surface area (Å²) in [6, 6.07) is 0. The Morgan fingerprint density at radius 1 is 0.621 bits per heavy atom. The van der Waals surface area contributed by atoms with Crippen molar-refractivity contribution in [3.05, 3.63) is 0 Å². The summed E-state index contributed by atoms with van der Waals surface area (Å²) < 4.78 is 0. The van der Waals surface area contributed by atoms with Crippen LogP contribution in [0.3, 0.4) is 0 Å². The molecule has 1 radical (unpaired) electrons. The van der Waals surface area contributed by atoms with Crippen LogP contribution in [0.25, 0.3) is 0 Å². The molecule has 2 atom stereocenters. The molecule has 0 aliphatic carbocycles. The summed E-state index contributed by atoms with van der Waals surface area (Å²) in [5.41, 5.74) is -1.25. The van der Waals surface area contributed by atoms with Gasteiger partial charge in [-0.2, -0.15) is 0 Å². The number of ketones is 4. The van der Waals surface area contributed by atoms with Gasteiger partial charge >= 0.3 is 17.4 Å². The first-order valence-electron chi connectivity index (χ1n) is 8.86. The Bertz CT molecular complexity index is 582. The van der Waals surface area contributed by atoms with Gasteiger partial charge in [0.1, 0.15) is 23.1 Å². The van der Waals surface area contributed by atoms with Crippen molar-refractivity contribution >= 4 is 52.4 Å². The van der Waals surface area contributed by atoms with Crippen molar-refractivity contribution in [3.63, 3.8) is 0 Å². The van der Waals surface area contributed by atoms with E-state index in [-0.39, 0.29) is 28.9 Å². The Balaban J connectivity index is -0.000000451. The number of aliphatic carboxylic acids is 2. The van der Waals surface area contributed by atoms with E-state index in [2.05, 4.69) is 0 Å². The monoisotopic (exact) mass is 425 g/mol. The van der Waals surface area contributed by atoms with E-state index in [4.69, 9.17) is 0 Å². The molecule has 29 heavy (non-hydrogen) atoms.